The molecule has 0 aliphatic carbocycles. The fourth-order valence-corrected chi connectivity index (χ4v) is 4.12. The Hall–Kier alpha value is -2.72. The lowest BCUT2D eigenvalue weighted by atomic mass is 9.93. The number of benzene rings is 1. The van der Waals surface area contributed by atoms with Crippen LogP contribution in [-0.2, 0) is 10.2 Å². The van der Waals surface area contributed by atoms with Gasteiger partial charge < -0.3 is 10.4 Å². The highest BCUT2D eigenvalue weighted by Crippen LogP contribution is 2.40. The minimum absolute atomic E-state index is 0.0545. The highest BCUT2D eigenvalue weighted by atomic mass is 32.2. The number of thioether (sulfide) groups is 1. The molecule has 0 atom stereocenters. The molecule has 0 radical (unpaired) electrons. The largest absolute Gasteiger partial charge is 0.507 e. The Morgan fingerprint density at radius 3 is 2.63 bits per heavy atom. The Morgan fingerprint density at radius 1 is 1.33 bits per heavy atom. The number of hydrogen-bond acceptors (Lipinski definition) is 8. The Bertz CT molecular complexity index is 989. The second-order valence-electron chi connectivity index (χ2n) is 6.70. The highest BCUT2D eigenvalue weighted by molar-refractivity contribution is 8.18. The third-order valence-electron chi connectivity index (χ3n) is 3.55. The van der Waals surface area contributed by atoms with Gasteiger partial charge in [-0.2, -0.15) is 4.99 Å². The quantitative estimate of drug-likeness (QED) is 0.454. The standard InChI is InChI=1S/C17H16N4O4S2/c1-17(2,3)12-14(21(24)25)27-15(18-12)20-16-19-13(23)11(26-16)8-9-6-4-5-7-10(9)22/h4-8,22H,1-3H3,(H,18,19,20,23)/b11-8-. The minimum atomic E-state index is -0.501. The lowest BCUT2D eigenvalue weighted by molar-refractivity contribution is -0.381. The Labute approximate surface area is 163 Å². The van der Waals surface area contributed by atoms with E-state index >= 15 is 0 Å². The topological polar surface area (TPSA) is 118 Å². The average molecular weight is 404 g/mol. The number of nitrogens with one attached hydrogen (secondary N) is 1. The summed E-state index contributed by atoms with van der Waals surface area (Å²) in [6.45, 7) is 5.52. The maximum Gasteiger partial charge on any atom is 0.349 e. The van der Waals surface area contributed by atoms with E-state index in [1.807, 2.05) is 20.8 Å². The van der Waals surface area contributed by atoms with Crippen LogP contribution in [0.1, 0.15) is 32.0 Å². The van der Waals surface area contributed by atoms with E-state index in [1.54, 1.807) is 24.3 Å². The number of para-hydroxylation sites is 1. The first kappa shape index (κ1) is 19.1. The fraction of sp³-hybridized carbons (Fsp3) is 0.235. The van der Waals surface area contributed by atoms with Gasteiger partial charge >= 0.3 is 5.00 Å². The summed E-state index contributed by atoms with van der Waals surface area (Å²) >= 11 is 1.95. The first-order valence-electron chi connectivity index (χ1n) is 7.88. The van der Waals surface area contributed by atoms with Gasteiger partial charge in [0.15, 0.2) is 5.17 Å². The molecule has 27 heavy (non-hydrogen) atoms. The lowest BCUT2D eigenvalue weighted by Gasteiger charge is -2.13. The van der Waals surface area contributed by atoms with Crippen molar-refractivity contribution in [3.63, 3.8) is 0 Å². The van der Waals surface area contributed by atoms with Gasteiger partial charge in [-0.3, -0.25) is 14.9 Å². The molecule has 1 aromatic carbocycles. The number of carbonyl (C=O) groups excluding carboxylic acids is 1. The molecule has 1 amide bonds. The van der Waals surface area contributed by atoms with Crippen molar-refractivity contribution >= 4 is 50.4 Å². The van der Waals surface area contributed by atoms with E-state index in [9.17, 15) is 20.0 Å². The summed E-state index contributed by atoms with van der Waals surface area (Å²) in [4.78, 5) is 31.8. The first-order valence-corrected chi connectivity index (χ1v) is 9.52. The second kappa shape index (κ2) is 7.12. The van der Waals surface area contributed by atoms with Gasteiger partial charge in [0.1, 0.15) is 11.4 Å². The predicted octanol–water partition coefficient (Wildman–Crippen LogP) is 3.95. The van der Waals surface area contributed by atoms with Crippen molar-refractivity contribution in [2.75, 3.05) is 0 Å². The molecule has 3 rings (SSSR count). The molecule has 0 bridgehead atoms. The van der Waals surface area contributed by atoms with Crippen molar-refractivity contribution in [2.24, 2.45) is 4.99 Å². The summed E-state index contributed by atoms with van der Waals surface area (Å²) in [5, 5.41) is 24.2. The first-order chi connectivity index (χ1) is 12.6. The molecule has 140 valence electrons. The van der Waals surface area contributed by atoms with Gasteiger partial charge in [0.25, 0.3) is 5.91 Å². The number of amides is 1. The van der Waals surface area contributed by atoms with Gasteiger partial charge in [-0.15, -0.1) is 0 Å². The second-order valence-corrected chi connectivity index (χ2v) is 8.68. The van der Waals surface area contributed by atoms with Crippen LogP contribution in [0.4, 0.5) is 10.1 Å². The molecule has 2 heterocycles. The summed E-state index contributed by atoms with van der Waals surface area (Å²) in [5.41, 5.74) is 0.367. The molecular formula is C17H16N4O4S2. The van der Waals surface area contributed by atoms with E-state index < -0.39 is 10.3 Å². The fourth-order valence-electron chi connectivity index (χ4n) is 2.28. The zero-order valence-corrected chi connectivity index (χ0v) is 16.3. The van der Waals surface area contributed by atoms with Crippen LogP contribution in [0, 0.1) is 10.1 Å². The van der Waals surface area contributed by atoms with Crippen LogP contribution in [0.3, 0.4) is 0 Å². The van der Waals surface area contributed by atoms with Crippen molar-refractivity contribution in [1.82, 2.24) is 10.3 Å². The third kappa shape index (κ3) is 4.17. The summed E-state index contributed by atoms with van der Waals surface area (Å²) in [7, 11) is 0. The van der Waals surface area contributed by atoms with E-state index in [-0.39, 0.29) is 27.0 Å². The number of phenolic OH excluding ortho intramolecular Hbond substituents is 1. The normalized spacial score (nSPS) is 17.5. The van der Waals surface area contributed by atoms with Crippen LogP contribution in [0.5, 0.6) is 5.75 Å². The molecule has 2 aromatic rings. The summed E-state index contributed by atoms with van der Waals surface area (Å²) in [6.07, 6.45) is 1.56. The Balaban J connectivity index is 1.91. The van der Waals surface area contributed by atoms with Crippen molar-refractivity contribution in [1.29, 1.82) is 0 Å². The monoisotopic (exact) mass is 404 g/mol. The zero-order chi connectivity index (χ0) is 19.8. The van der Waals surface area contributed by atoms with Crippen LogP contribution < -0.4 is 5.32 Å². The van der Waals surface area contributed by atoms with E-state index in [4.69, 9.17) is 0 Å². The summed E-state index contributed by atoms with van der Waals surface area (Å²) in [6, 6.07) is 6.66. The number of nitrogens with zero attached hydrogens (tertiary/aromatic N) is 3. The van der Waals surface area contributed by atoms with Gasteiger partial charge in [0.05, 0.1) is 9.83 Å². The Kier molecular flexibility index (Phi) is 5.03. The molecule has 10 heteroatoms. The molecule has 0 spiro atoms. The molecule has 0 saturated carbocycles. The number of carbonyl (C=O) groups is 1. The van der Waals surface area contributed by atoms with Gasteiger partial charge in [-0.1, -0.05) is 39.0 Å². The third-order valence-corrected chi connectivity index (χ3v) is 5.36. The van der Waals surface area contributed by atoms with Gasteiger partial charge in [-0.25, -0.2) is 4.98 Å². The molecule has 1 aliphatic heterocycles. The zero-order valence-electron chi connectivity index (χ0n) is 14.7. The SMILES string of the molecule is CC(C)(C)c1nc(/N=C2\NC(=O)/C(=C/c3ccccc3O)S2)sc1[N+](=O)[O-]. The average Bonchev–Trinajstić information content (AvgIpc) is 3.14. The molecule has 1 saturated heterocycles. The number of hydrogen-bond donors (Lipinski definition) is 2. The number of aromatic nitrogens is 1. The molecular weight excluding hydrogens is 388 g/mol. The van der Waals surface area contributed by atoms with Gasteiger partial charge in [0, 0.05) is 11.0 Å². The minimum Gasteiger partial charge on any atom is -0.507 e. The number of aromatic hydroxyl groups is 1. The number of thiazole rings is 1. The maximum atomic E-state index is 12.1. The molecule has 1 fully saturated rings. The van der Waals surface area contributed by atoms with Crippen LogP contribution in [0.2, 0.25) is 0 Å². The van der Waals surface area contributed by atoms with Crippen LogP contribution >= 0.6 is 23.1 Å². The summed E-state index contributed by atoms with van der Waals surface area (Å²) < 4.78 is 0. The van der Waals surface area contributed by atoms with Gasteiger partial charge in [-0.05, 0) is 35.2 Å². The number of rotatable bonds is 3. The number of amidine groups is 1. The predicted molar refractivity (Wildman–Crippen MR) is 106 cm³/mol. The van der Waals surface area contributed by atoms with Crippen molar-refractivity contribution < 1.29 is 14.8 Å². The number of nitro groups is 1. The number of aliphatic imine (C=N–C) groups is 1. The molecule has 0 unspecified atom stereocenters. The molecule has 1 aliphatic rings. The van der Waals surface area contributed by atoms with Crippen LogP contribution in [-0.4, -0.2) is 26.1 Å². The highest BCUT2D eigenvalue weighted by Gasteiger charge is 2.31. The van der Waals surface area contributed by atoms with E-state index in [0.717, 1.165) is 23.1 Å². The van der Waals surface area contributed by atoms with E-state index in [2.05, 4.69) is 15.3 Å². The van der Waals surface area contributed by atoms with E-state index in [0.29, 0.717) is 16.2 Å². The molecule has 2 N–H and O–H groups in total. The van der Waals surface area contributed by atoms with Crippen LogP contribution in [0.25, 0.3) is 6.08 Å². The van der Waals surface area contributed by atoms with Crippen molar-refractivity contribution in [3.05, 3.63) is 50.5 Å². The molecule has 8 nitrogen and oxygen atoms in total. The Morgan fingerprint density at radius 2 is 2.04 bits per heavy atom. The summed E-state index contributed by atoms with van der Waals surface area (Å²) in [5.74, 6) is -0.293. The van der Waals surface area contributed by atoms with Crippen molar-refractivity contribution in [3.8, 4) is 5.75 Å². The number of phenols is 1. The van der Waals surface area contributed by atoms with Crippen LogP contribution in [0.15, 0.2) is 34.2 Å². The van der Waals surface area contributed by atoms with Gasteiger partial charge in [0.2, 0.25) is 5.13 Å². The van der Waals surface area contributed by atoms with E-state index in [1.165, 1.54) is 6.07 Å². The lowest BCUT2D eigenvalue weighted by Crippen LogP contribution is -2.19. The van der Waals surface area contributed by atoms with Crippen molar-refractivity contribution in [2.45, 2.75) is 26.2 Å². The maximum absolute atomic E-state index is 12.1. The smallest absolute Gasteiger partial charge is 0.349 e. The molecule has 1 aromatic heterocycles.